The molecule has 0 saturated carbocycles. The van der Waals surface area contributed by atoms with E-state index in [4.69, 9.17) is 4.74 Å². The van der Waals surface area contributed by atoms with E-state index in [1.807, 2.05) is 13.8 Å². The SMILES string of the molecule is C=CCN(C)C(=O)[C@@H]1[C@H]2C(=O)N([C@@H](CC)CO)C(C(=O)N(CC=C)C(C)CCC)C23CC[C@H]1O3. The highest BCUT2D eigenvalue weighted by atomic mass is 16.5. The van der Waals surface area contributed by atoms with Crippen LogP contribution in [0.4, 0.5) is 0 Å². The second-order valence-corrected chi connectivity index (χ2v) is 9.97. The Kier molecular flexibility index (Phi) is 8.24. The largest absolute Gasteiger partial charge is 0.394 e. The van der Waals surface area contributed by atoms with Crippen LogP contribution in [-0.4, -0.2) is 94.1 Å². The molecule has 1 N–H and O–H groups in total. The van der Waals surface area contributed by atoms with Crippen LogP contribution in [0.25, 0.3) is 0 Å². The van der Waals surface area contributed by atoms with Gasteiger partial charge in [-0.1, -0.05) is 32.4 Å². The third-order valence-electron chi connectivity index (χ3n) is 7.96. The lowest BCUT2D eigenvalue weighted by Gasteiger charge is -2.40. The number of carbonyl (C=O) groups is 3. The Morgan fingerprint density at radius 3 is 2.50 bits per heavy atom. The molecule has 3 heterocycles. The van der Waals surface area contributed by atoms with Crippen LogP contribution in [0.15, 0.2) is 25.3 Å². The number of ether oxygens (including phenoxy) is 1. The summed E-state index contributed by atoms with van der Waals surface area (Å²) in [7, 11) is 1.70. The molecule has 0 aliphatic carbocycles. The Balaban J connectivity index is 2.08. The molecule has 34 heavy (non-hydrogen) atoms. The lowest BCUT2D eigenvalue weighted by atomic mass is 9.70. The van der Waals surface area contributed by atoms with Gasteiger partial charge in [-0.3, -0.25) is 14.4 Å². The Hall–Kier alpha value is -2.19. The van der Waals surface area contributed by atoms with E-state index in [1.54, 1.807) is 33.9 Å². The first kappa shape index (κ1) is 26.4. The number of aliphatic hydroxyl groups is 1. The van der Waals surface area contributed by atoms with E-state index in [-0.39, 0.29) is 36.5 Å². The van der Waals surface area contributed by atoms with Crippen LogP contribution in [0.2, 0.25) is 0 Å². The molecule has 3 fully saturated rings. The van der Waals surface area contributed by atoms with Crippen LogP contribution in [-0.2, 0) is 19.1 Å². The minimum atomic E-state index is -1.05. The molecule has 0 radical (unpaired) electrons. The minimum absolute atomic E-state index is 0.0353. The smallest absolute Gasteiger partial charge is 0.248 e. The van der Waals surface area contributed by atoms with Crippen LogP contribution < -0.4 is 0 Å². The third-order valence-corrected chi connectivity index (χ3v) is 7.96. The van der Waals surface area contributed by atoms with Crippen LogP contribution in [0.5, 0.6) is 0 Å². The quantitative estimate of drug-likeness (QED) is 0.436. The van der Waals surface area contributed by atoms with Crippen molar-refractivity contribution in [1.29, 1.82) is 0 Å². The van der Waals surface area contributed by atoms with Gasteiger partial charge in [-0.2, -0.15) is 0 Å². The van der Waals surface area contributed by atoms with Crippen molar-refractivity contribution in [1.82, 2.24) is 14.7 Å². The fourth-order valence-electron chi connectivity index (χ4n) is 6.35. The average Bonchev–Trinajstić information content (AvgIpc) is 3.45. The summed E-state index contributed by atoms with van der Waals surface area (Å²) in [6, 6.07) is -1.42. The number of hydrogen-bond acceptors (Lipinski definition) is 5. The Labute approximate surface area is 203 Å². The summed E-state index contributed by atoms with van der Waals surface area (Å²) < 4.78 is 6.50. The standard InChI is InChI=1S/C26H41N3O5/c1-7-11-17(5)28(15-9-3)25(33)22-26-13-12-19(34-26)20(23(31)27(6)14-8-2)21(26)24(32)29(22)18(10-4)16-30/h8-9,17-22,30H,2-3,7,10-16H2,1,4-6H3/t17?,18-,19+,20-,21-,22?,26?/m0/s1. The summed E-state index contributed by atoms with van der Waals surface area (Å²) in [6.07, 6.45) is 6.38. The molecule has 0 aromatic heterocycles. The molecular formula is C26H41N3O5. The predicted octanol–water partition coefficient (Wildman–Crippen LogP) is 1.98. The van der Waals surface area contributed by atoms with Gasteiger partial charge in [0.25, 0.3) is 0 Å². The Morgan fingerprint density at radius 2 is 1.94 bits per heavy atom. The van der Waals surface area contributed by atoms with Gasteiger partial charge in [0, 0.05) is 26.2 Å². The molecule has 190 valence electrons. The maximum absolute atomic E-state index is 14.2. The molecule has 2 bridgehead atoms. The zero-order valence-corrected chi connectivity index (χ0v) is 21.1. The third kappa shape index (κ3) is 4.09. The van der Waals surface area contributed by atoms with Crippen molar-refractivity contribution in [3.05, 3.63) is 25.3 Å². The number of likely N-dealkylation sites (tertiary alicyclic amines) is 1. The highest BCUT2D eigenvalue weighted by Crippen LogP contribution is 2.59. The number of hydrogen-bond donors (Lipinski definition) is 1. The molecule has 3 rings (SSSR count). The van der Waals surface area contributed by atoms with Crippen molar-refractivity contribution in [2.24, 2.45) is 11.8 Å². The lowest BCUT2D eigenvalue weighted by Crippen LogP contribution is -2.60. The molecule has 1 spiro atoms. The number of carbonyl (C=O) groups excluding carboxylic acids is 3. The normalized spacial score (nSPS) is 31.2. The maximum atomic E-state index is 14.2. The molecule has 3 aliphatic heterocycles. The monoisotopic (exact) mass is 475 g/mol. The van der Waals surface area contributed by atoms with E-state index in [0.29, 0.717) is 32.4 Å². The number of nitrogens with zero attached hydrogens (tertiary/aromatic N) is 3. The van der Waals surface area contributed by atoms with Crippen molar-refractivity contribution >= 4 is 17.7 Å². The number of amides is 3. The van der Waals surface area contributed by atoms with Gasteiger partial charge in [0.05, 0.1) is 30.6 Å². The molecule has 3 amide bonds. The molecular weight excluding hydrogens is 434 g/mol. The van der Waals surface area contributed by atoms with Gasteiger partial charge in [0.15, 0.2) is 0 Å². The Morgan fingerprint density at radius 1 is 1.26 bits per heavy atom. The summed E-state index contributed by atoms with van der Waals surface area (Å²) >= 11 is 0. The molecule has 3 unspecified atom stereocenters. The van der Waals surface area contributed by atoms with Gasteiger partial charge in [0.2, 0.25) is 17.7 Å². The van der Waals surface area contributed by atoms with Gasteiger partial charge in [-0.25, -0.2) is 0 Å². The summed E-state index contributed by atoms with van der Waals surface area (Å²) in [5.41, 5.74) is -1.05. The second kappa shape index (κ2) is 10.6. The first-order chi connectivity index (χ1) is 16.2. The topological polar surface area (TPSA) is 90.4 Å². The van der Waals surface area contributed by atoms with Crippen LogP contribution in [0.3, 0.4) is 0 Å². The zero-order chi connectivity index (χ0) is 25.2. The molecule has 8 heteroatoms. The van der Waals surface area contributed by atoms with E-state index in [9.17, 15) is 19.5 Å². The first-order valence-corrected chi connectivity index (χ1v) is 12.6. The van der Waals surface area contributed by atoms with Gasteiger partial charge in [-0.15, -0.1) is 13.2 Å². The van der Waals surface area contributed by atoms with Gasteiger partial charge in [-0.05, 0) is 32.6 Å². The van der Waals surface area contributed by atoms with E-state index < -0.39 is 29.5 Å². The molecule has 8 nitrogen and oxygen atoms in total. The lowest BCUT2D eigenvalue weighted by molar-refractivity contribution is -0.153. The van der Waals surface area contributed by atoms with Gasteiger partial charge < -0.3 is 24.5 Å². The molecule has 3 aliphatic rings. The number of fused-ring (bicyclic) bond motifs is 1. The zero-order valence-electron chi connectivity index (χ0n) is 21.1. The maximum Gasteiger partial charge on any atom is 0.248 e. The average molecular weight is 476 g/mol. The van der Waals surface area contributed by atoms with Crippen molar-refractivity contribution in [2.75, 3.05) is 26.7 Å². The van der Waals surface area contributed by atoms with E-state index in [0.717, 1.165) is 12.8 Å². The predicted molar refractivity (Wildman–Crippen MR) is 130 cm³/mol. The summed E-state index contributed by atoms with van der Waals surface area (Å²) in [6.45, 7) is 14.0. The highest BCUT2D eigenvalue weighted by Gasteiger charge is 2.75. The van der Waals surface area contributed by atoms with E-state index >= 15 is 0 Å². The van der Waals surface area contributed by atoms with Crippen molar-refractivity contribution in [2.45, 2.75) is 82.7 Å². The minimum Gasteiger partial charge on any atom is -0.394 e. The molecule has 3 saturated heterocycles. The second-order valence-electron chi connectivity index (χ2n) is 9.97. The fourth-order valence-corrected chi connectivity index (χ4v) is 6.35. The first-order valence-electron chi connectivity index (χ1n) is 12.6. The molecule has 7 atom stereocenters. The summed E-state index contributed by atoms with van der Waals surface area (Å²) in [4.78, 5) is 46.5. The van der Waals surface area contributed by atoms with Crippen LogP contribution in [0.1, 0.15) is 52.9 Å². The van der Waals surface area contributed by atoms with E-state index in [1.165, 1.54) is 0 Å². The van der Waals surface area contributed by atoms with Crippen LogP contribution in [0, 0.1) is 11.8 Å². The van der Waals surface area contributed by atoms with Crippen molar-refractivity contribution in [3.63, 3.8) is 0 Å². The summed E-state index contributed by atoms with van der Waals surface area (Å²) in [5.74, 6) is -1.96. The van der Waals surface area contributed by atoms with Gasteiger partial charge >= 0.3 is 0 Å². The van der Waals surface area contributed by atoms with E-state index in [2.05, 4.69) is 20.1 Å². The highest BCUT2D eigenvalue weighted by molar-refractivity contribution is 5.99. The van der Waals surface area contributed by atoms with Crippen molar-refractivity contribution < 1.29 is 24.2 Å². The summed E-state index contributed by atoms with van der Waals surface area (Å²) in [5, 5.41) is 10.1. The number of rotatable bonds is 12. The van der Waals surface area contributed by atoms with Crippen LogP contribution >= 0.6 is 0 Å². The fraction of sp³-hybridized carbons (Fsp3) is 0.731. The Bertz CT molecular complexity index is 812. The molecule has 0 aromatic carbocycles. The van der Waals surface area contributed by atoms with Crippen molar-refractivity contribution in [3.8, 4) is 0 Å². The number of likely N-dealkylation sites (N-methyl/N-ethyl adjacent to an activating group) is 1. The number of aliphatic hydroxyl groups excluding tert-OH is 1. The molecule has 0 aromatic rings. The van der Waals surface area contributed by atoms with Gasteiger partial charge in [0.1, 0.15) is 11.6 Å².